The van der Waals surface area contributed by atoms with Gasteiger partial charge in [0.15, 0.2) is 0 Å². The molecule has 38 heavy (non-hydrogen) atoms. The lowest BCUT2D eigenvalue weighted by Crippen LogP contribution is -2.37. The number of thiocarbonyl (C=S) groups is 1. The van der Waals surface area contributed by atoms with Crippen molar-refractivity contribution < 1.29 is 9.53 Å². The lowest BCUT2D eigenvalue weighted by molar-refractivity contribution is -0.122. The van der Waals surface area contributed by atoms with E-state index < -0.39 is 0 Å². The first-order chi connectivity index (χ1) is 18.4. The molecule has 2 fully saturated rings. The van der Waals surface area contributed by atoms with Gasteiger partial charge < -0.3 is 10.1 Å². The number of benzene rings is 1. The number of nitrogens with zero attached hydrogens (tertiary/aromatic N) is 4. The highest BCUT2D eigenvalue weighted by molar-refractivity contribution is 8.26. The van der Waals surface area contributed by atoms with E-state index in [1.54, 1.807) is 17.2 Å². The van der Waals surface area contributed by atoms with E-state index in [4.69, 9.17) is 21.9 Å². The minimum absolute atomic E-state index is 0.201. The third kappa shape index (κ3) is 5.83. The first-order valence-electron chi connectivity index (χ1n) is 12.8. The van der Waals surface area contributed by atoms with Gasteiger partial charge in [0.05, 0.1) is 30.2 Å². The fraction of sp³-hybridized carbons (Fsp3) is 0.357. The highest BCUT2D eigenvalue weighted by atomic mass is 32.2. The van der Waals surface area contributed by atoms with Crippen molar-refractivity contribution in [3.63, 3.8) is 0 Å². The number of fused-ring (bicyclic) bond motifs is 1. The zero-order valence-electron chi connectivity index (χ0n) is 21.6. The smallest absolute Gasteiger partial charge is 0.267 e. The first-order valence-corrected chi connectivity index (χ1v) is 14.0. The minimum atomic E-state index is -0.224. The van der Waals surface area contributed by atoms with Crippen LogP contribution in [0.2, 0.25) is 0 Å². The molecular formula is C28H31N5O3S2. The number of ether oxygens (including phenoxy) is 1. The summed E-state index contributed by atoms with van der Waals surface area (Å²) in [6.45, 7) is 9.34. The quantitative estimate of drug-likeness (QED) is 0.258. The summed E-state index contributed by atoms with van der Waals surface area (Å²) in [6, 6.07) is 11.8. The average Bonchev–Trinajstić information content (AvgIpc) is 3.18. The number of morpholine rings is 1. The number of aromatic nitrogens is 2. The molecule has 0 saturated carbocycles. The highest BCUT2D eigenvalue weighted by Gasteiger charge is 2.32. The van der Waals surface area contributed by atoms with Gasteiger partial charge >= 0.3 is 0 Å². The van der Waals surface area contributed by atoms with Crippen LogP contribution in [0.1, 0.15) is 28.7 Å². The number of hydrogen-bond donors (Lipinski definition) is 1. The molecule has 10 heteroatoms. The van der Waals surface area contributed by atoms with Crippen LogP contribution in [0.15, 0.2) is 52.3 Å². The number of rotatable bonds is 8. The topological polar surface area (TPSA) is 79.2 Å². The Morgan fingerprint density at radius 1 is 1.13 bits per heavy atom. The second-order valence-corrected chi connectivity index (χ2v) is 11.2. The standard InChI is InChI=1S/C28H31N5O3S2/c1-19-6-8-21(9-7-19)18-33-27(35)23(38-28(33)37)17-22-24(29-10-4-11-31-13-15-36-16-14-31)30-25-20(2)5-3-12-32(25)26(22)34/h3,5-9,12,17,29H,4,10-11,13-16,18H2,1-2H3. The first kappa shape index (κ1) is 26.6. The Morgan fingerprint density at radius 2 is 1.89 bits per heavy atom. The molecule has 4 heterocycles. The summed E-state index contributed by atoms with van der Waals surface area (Å²) >= 11 is 6.76. The summed E-state index contributed by atoms with van der Waals surface area (Å²) in [5.41, 5.74) is 3.78. The van der Waals surface area contributed by atoms with Gasteiger partial charge in [-0.05, 0) is 50.1 Å². The van der Waals surface area contributed by atoms with E-state index >= 15 is 0 Å². The molecule has 5 rings (SSSR count). The maximum absolute atomic E-state index is 13.6. The van der Waals surface area contributed by atoms with Crippen molar-refractivity contribution in [3.8, 4) is 0 Å². The molecule has 0 spiro atoms. The van der Waals surface area contributed by atoms with Crippen LogP contribution in [-0.4, -0.2) is 68.8 Å². The van der Waals surface area contributed by atoms with Crippen LogP contribution in [0.3, 0.4) is 0 Å². The SMILES string of the molecule is Cc1ccc(CN2C(=O)C(=Cc3c(NCCCN4CCOCC4)nc4c(C)cccn4c3=O)SC2=S)cc1. The van der Waals surface area contributed by atoms with Crippen LogP contribution in [0.25, 0.3) is 11.7 Å². The number of amides is 1. The maximum atomic E-state index is 13.6. The van der Waals surface area contributed by atoms with Gasteiger partial charge in [-0.3, -0.25) is 23.8 Å². The van der Waals surface area contributed by atoms with E-state index in [1.165, 1.54) is 16.2 Å². The fourth-order valence-corrected chi connectivity index (χ4v) is 5.79. The Morgan fingerprint density at radius 3 is 2.66 bits per heavy atom. The number of carbonyl (C=O) groups excluding carboxylic acids is 1. The fourth-order valence-electron chi connectivity index (χ4n) is 4.55. The largest absolute Gasteiger partial charge is 0.379 e. The molecular weight excluding hydrogens is 518 g/mol. The maximum Gasteiger partial charge on any atom is 0.267 e. The molecule has 1 amide bonds. The van der Waals surface area contributed by atoms with E-state index in [9.17, 15) is 9.59 Å². The second-order valence-electron chi connectivity index (χ2n) is 9.55. The number of hydrogen-bond acceptors (Lipinski definition) is 8. The Kier molecular flexibility index (Phi) is 8.23. The molecule has 2 aliphatic rings. The third-order valence-electron chi connectivity index (χ3n) is 6.74. The summed E-state index contributed by atoms with van der Waals surface area (Å²) in [5, 5.41) is 3.38. The molecule has 2 saturated heterocycles. The van der Waals surface area contributed by atoms with Crippen LogP contribution in [0, 0.1) is 13.8 Å². The summed E-state index contributed by atoms with van der Waals surface area (Å²) < 4.78 is 7.44. The van der Waals surface area contributed by atoms with Gasteiger partial charge in [0.2, 0.25) is 0 Å². The van der Waals surface area contributed by atoms with Crippen molar-refractivity contribution in [1.82, 2.24) is 19.2 Å². The van der Waals surface area contributed by atoms with Gasteiger partial charge in [0.1, 0.15) is 15.8 Å². The summed E-state index contributed by atoms with van der Waals surface area (Å²) in [7, 11) is 0. The second kappa shape index (κ2) is 11.8. The van der Waals surface area contributed by atoms with Crippen LogP contribution in [-0.2, 0) is 16.1 Å². The average molecular weight is 550 g/mol. The number of aryl methyl sites for hydroxylation is 2. The van der Waals surface area contributed by atoms with Gasteiger partial charge in [0.25, 0.3) is 11.5 Å². The minimum Gasteiger partial charge on any atom is -0.379 e. The van der Waals surface area contributed by atoms with Gasteiger partial charge in [-0.15, -0.1) is 0 Å². The lowest BCUT2D eigenvalue weighted by atomic mass is 10.1. The van der Waals surface area contributed by atoms with Gasteiger partial charge in [-0.1, -0.05) is 59.9 Å². The molecule has 0 aliphatic carbocycles. The number of thioether (sulfide) groups is 1. The Bertz CT molecular complexity index is 1450. The molecule has 2 aromatic heterocycles. The summed E-state index contributed by atoms with van der Waals surface area (Å²) in [4.78, 5) is 36.2. The zero-order chi connectivity index (χ0) is 26.6. The molecule has 0 atom stereocenters. The zero-order valence-corrected chi connectivity index (χ0v) is 23.2. The predicted molar refractivity (Wildman–Crippen MR) is 156 cm³/mol. The van der Waals surface area contributed by atoms with Crippen molar-refractivity contribution in [1.29, 1.82) is 0 Å². The molecule has 0 unspecified atom stereocenters. The van der Waals surface area contributed by atoms with E-state index in [-0.39, 0.29) is 11.5 Å². The molecule has 8 nitrogen and oxygen atoms in total. The van der Waals surface area contributed by atoms with Crippen molar-refractivity contribution in [2.45, 2.75) is 26.8 Å². The van der Waals surface area contributed by atoms with E-state index in [0.29, 0.717) is 39.3 Å². The van der Waals surface area contributed by atoms with E-state index in [0.717, 1.165) is 56.0 Å². The van der Waals surface area contributed by atoms with E-state index in [1.807, 2.05) is 50.2 Å². The molecule has 0 radical (unpaired) electrons. The Hall–Kier alpha value is -3.05. The monoisotopic (exact) mass is 549 g/mol. The van der Waals surface area contributed by atoms with Crippen molar-refractivity contribution in [2.75, 3.05) is 44.7 Å². The number of anilines is 1. The van der Waals surface area contributed by atoms with Crippen molar-refractivity contribution >= 4 is 51.7 Å². The molecule has 198 valence electrons. The van der Waals surface area contributed by atoms with Gasteiger partial charge in [-0.25, -0.2) is 4.98 Å². The number of nitrogens with one attached hydrogen (secondary N) is 1. The number of carbonyl (C=O) groups is 1. The molecule has 0 bridgehead atoms. The Balaban J connectivity index is 1.41. The van der Waals surface area contributed by atoms with Crippen LogP contribution in [0.5, 0.6) is 0 Å². The lowest BCUT2D eigenvalue weighted by Gasteiger charge is -2.26. The highest BCUT2D eigenvalue weighted by Crippen LogP contribution is 2.34. The van der Waals surface area contributed by atoms with Crippen LogP contribution in [0.4, 0.5) is 5.82 Å². The normalized spacial score (nSPS) is 17.6. The Labute approximate surface area is 231 Å². The summed E-state index contributed by atoms with van der Waals surface area (Å²) in [5.74, 6) is 0.280. The molecule has 2 aliphatic heterocycles. The predicted octanol–water partition coefficient (Wildman–Crippen LogP) is 3.85. The van der Waals surface area contributed by atoms with Gasteiger partial charge in [-0.2, -0.15) is 0 Å². The molecule has 1 aromatic carbocycles. The van der Waals surface area contributed by atoms with Crippen molar-refractivity contribution in [3.05, 3.63) is 80.1 Å². The molecule has 1 N–H and O–H groups in total. The third-order valence-corrected chi connectivity index (χ3v) is 8.12. The summed E-state index contributed by atoms with van der Waals surface area (Å²) in [6.07, 6.45) is 4.25. The van der Waals surface area contributed by atoms with Gasteiger partial charge in [0, 0.05) is 25.8 Å². The van der Waals surface area contributed by atoms with Crippen molar-refractivity contribution in [2.24, 2.45) is 0 Å². The van der Waals surface area contributed by atoms with Crippen LogP contribution >= 0.6 is 24.0 Å². The molecule has 3 aromatic rings. The van der Waals surface area contributed by atoms with Crippen LogP contribution < -0.4 is 10.9 Å². The van der Waals surface area contributed by atoms with E-state index in [2.05, 4.69) is 10.2 Å². The number of pyridine rings is 1.